The fourth-order valence-electron chi connectivity index (χ4n) is 3.30. The van der Waals surface area contributed by atoms with Gasteiger partial charge >= 0.3 is 0 Å². The first-order valence-corrected chi connectivity index (χ1v) is 10.3. The minimum atomic E-state index is -0.358. The molecule has 0 saturated heterocycles. The number of ether oxygens (including phenoxy) is 3. The Morgan fingerprint density at radius 3 is 2.33 bits per heavy atom. The second-order valence-corrected chi connectivity index (χ2v) is 7.42. The molecule has 4 aromatic rings. The monoisotopic (exact) mass is 464 g/mol. The van der Waals surface area contributed by atoms with Gasteiger partial charge < -0.3 is 19.2 Å². The molecule has 0 radical (unpaired) electrons. The number of nitrogens with one attached hydrogen (secondary N) is 2. The molecule has 33 heavy (non-hydrogen) atoms. The number of carbonyl (C=O) groups is 1. The van der Waals surface area contributed by atoms with Gasteiger partial charge in [0.1, 0.15) is 5.82 Å². The quantitative estimate of drug-likeness (QED) is 0.306. The molecule has 0 unspecified atom stereocenters. The Hall–Kier alpha value is -4.04. The molecule has 0 spiro atoms. The van der Waals surface area contributed by atoms with Crippen LogP contribution < -0.4 is 19.6 Å². The highest BCUT2D eigenvalue weighted by atomic mass is 35.5. The second kappa shape index (κ2) is 9.62. The third-order valence-electron chi connectivity index (χ3n) is 4.93. The van der Waals surface area contributed by atoms with Crippen LogP contribution in [0, 0.1) is 0 Å². The van der Waals surface area contributed by atoms with Gasteiger partial charge in [0.25, 0.3) is 5.91 Å². The average Bonchev–Trinajstić information content (AvgIpc) is 3.27. The Balaban J connectivity index is 1.51. The maximum Gasteiger partial charge on any atom is 0.271 e. The summed E-state index contributed by atoms with van der Waals surface area (Å²) < 4.78 is 16.0. The number of methoxy groups -OCH3 is 3. The Morgan fingerprint density at radius 2 is 1.70 bits per heavy atom. The average molecular weight is 465 g/mol. The van der Waals surface area contributed by atoms with E-state index in [1.807, 2.05) is 12.1 Å². The zero-order chi connectivity index (χ0) is 23.4. The van der Waals surface area contributed by atoms with Crippen molar-refractivity contribution in [1.82, 2.24) is 15.4 Å². The maximum atomic E-state index is 12.6. The molecule has 3 aromatic carbocycles. The van der Waals surface area contributed by atoms with Crippen LogP contribution in [0.25, 0.3) is 22.4 Å². The molecule has 1 aromatic heterocycles. The van der Waals surface area contributed by atoms with Crippen molar-refractivity contribution in [3.63, 3.8) is 0 Å². The molecule has 0 fully saturated rings. The largest absolute Gasteiger partial charge is 0.493 e. The number of aromatic nitrogens is 2. The number of hydrogen-bond acceptors (Lipinski definition) is 6. The summed E-state index contributed by atoms with van der Waals surface area (Å²) in [5, 5.41) is 4.70. The molecule has 168 valence electrons. The number of hydrazone groups is 1. The topological polar surface area (TPSA) is 97.8 Å². The van der Waals surface area contributed by atoms with Crippen LogP contribution in [0.2, 0.25) is 5.02 Å². The van der Waals surface area contributed by atoms with E-state index in [0.29, 0.717) is 39.2 Å². The van der Waals surface area contributed by atoms with E-state index in [9.17, 15) is 4.79 Å². The van der Waals surface area contributed by atoms with E-state index in [-0.39, 0.29) is 5.91 Å². The Bertz CT molecular complexity index is 1310. The predicted molar refractivity (Wildman–Crippen MR) is 128 cm³/mol. The van der Waals surface area contributed by atoms with Gasteiger partial charge in [0.05, 0.1) is 38.6 Å². The van der Waals surface area contributed by atoms with Gasteiger partial charge in [0.2, 0.25) is 5.75 Å². The van der Waals surface area contributed by atoms with Gasteiger partial charge in [-0.3, -0.25) is 4.79 Å². The number of hydrogen-bond donors (Lipinski definition) is 2. The zero-order valence-electron chi connectivity index (χ0n) is 18.2. The summed E-state index contributed by atoms with van der Waals surface area (Å²) in [6.45, 7) is 0. The normalized spacial score (nSPS) is 11.0. The van der Waals surface area contributed by atoms with Crippen molar-refractivity contribution < 1.29 is 19.0 Å². The van der Waals surface area contributed by atoms with Gasteiger partial charge in [-0.05, 0) is 54.6 Å². The summed E-state index contributed by atoms with van der Waals surface area (Å²) in [6, 6.07) is 16.0. The number of imidazole rings is 1. The first-order chi connectivity index (χ1) is 16.0. The summed E-state index contributed by atoms with van der Waals surface area (Å²) >= 11 is 5.95. The van der Waals surface area contributed by atoms with Crippen molar-refractivity contribution in [3.8, 4) is 28.6 Å². The lowest BCUT2D eigenvalue weighted by atomic mass is 10.2. The predicted octanol–water partition coefficient (Wildman–Crippen LogP) is 4.67. The van der Waals surface area contributed by atoms with Crippen molar-refractivity contribution in [2.24, 2.45) is 5.10 Å². The van der Waals surface area contributed by atoms with Crippen molar-refractivity contribution >= 4 is 34.8 Å². The first kappa shape index (κ1) is 22.2. The molecule has 8 nitrogen and oxygen atoms in total. The summed E-state index contributed by atoms with van der Waals surface area (Å²) in [4.78, 5) is 20.4. The van der Waals surface area contributed by atoms with E-state index in [1.54, 1.807) is 42.5 Å². The molecule has 0 aliphatic rings. The highest BCUT2D eigenvalue weighted by Gasteiger charge is 2.13. The lowest BCUT2D eigenvalue weighted by Gasteiger charge is -2.12. The number of aromatic amines is 1. The van der Waals surface area contributed by atoms with Gasteiger partial charge in [-0.2, -0.15) is 5.10 Å². The molecule has 1 heterocycles. The molecule has 0 aliphatic heterocycles. The third kappa shape index (κ3) is 4.75. The summed E-state index contributed by atoms with van der Waals surface area (Å²) in [7, 11) is 4.59. The molecule has 0 aliphatic carbocycles. The SMILES string of the molecule is COc1cc(/C=N/NC(=O)c2ccc3nc(-c4ccc(Cl)cc4)[nH]c3c2)cc(OC)c1OC. The Labute approximate surface area is 195 Å². The van der Waals surface area contributed by atoms with E-state index in [4.69, 9.17) is 25.8 Å². The molecular weight excluding hydrogens is 444 g/mol. The van der Waals surface area contributed by atoms with E-state index < -0.39 is 0 Å². The lowest BCUT2D eigenvalue weighted by Crippen LogP contribution is -2.17. The van der Waals surface area contributed by atoms with Crippen LogP contribution in [0.4, 0.5) is 0 Å². The minimum Gasteiger partial charge on any atom is -0.493 e. The van der Waals surface area contributed by atoms with E-state index >= 15 is 0 Å². The van der Waals surface area contributed by atoms with Crippen LogP contribution in [0.1, 0.15) is 15.9 Å². The zero-order valence-corrected chi connectivity index (χ0v) is 18.9. The fraction of sp³-hybridized carbons (Fsp3) is 0.125. The van der Waals surface area contributed by atoms with Crippen LogP contribution in [0.3, 0.4) is 0 Å². The number of nitrogens with zero attached hydrogens (tertiary/aromatic N) is 2. The molecule has 0 atom stereocenters. The summed E-state index contributed by atoms with van der Waals surface area (Å²) in [5.74, 6) is 1.80. The van der Waals surface area contributed by atoms with Crippen LogP contribution in [-0.2, 0) is 0 Å². The smallest absolute Gasteiger partial charge is 0.271 e. The molecule has 2 N–H and O–H groups in total. The number of rotatable bonds is 7. The number of halogens is 1. The molecule has 0 saturated carbocycles. The van der Waals surface area contributed by atoms with Gasteiger partial charge in [-0.15, -0.1) is 0 Å². The standard InChI is InChI=1S/C24H21ClN4O4/c1-31-20-10-14(11-21(32-2)22(20)33-3)13-26-29-24(30)16-6-9-18-19(12-16)28-23(27-18)15-4-7-17(25)8-5-15/h4-13H,1-3H3,(H,27,28)(H,29,30)/b26-13+. The highest BCUT2D eigenvalue weighted by Crippen LogP contribution is 2.37. The van der Waals surface area contributed by atoms with Gasteiger partial charge in [0.15, 0.2) is 11.5 Å². The van der Waals surface area contributed by atoms with Crippen LogP contribution >= 0.6 is 11.6 Å². The van der Waals surface area contributed by atoms with Crippen molar-refractivity contribution in [2.45, 2.75) is 0 Å². The van der Waals surface area contributed by atoms with Crippen LogP contribution in [0.5, 0.6) is 17.2 Å². The van der Waals surface area contributed by atoms with Crippen molar-refractivity contribution in [1.29, 1.82) is 0 Å². The molecule has 9 heteroatoms. The lowest BCUT2D eigenvalue weighted by molar-refractivity contribution is 0.0955. The second-order valence-electron chi connectivity index (χ2n) is 6.98. The number of amides is 1. The van der Waals surface area contributed by atoms with Crippen LogP contribution in [-0.4, -0.2) is 43.4 Å². The number of carbonyl (C=O) groups excluding carboxylic acids is 1. The number of H-pyrrole nitrogens is 1. The van der Waals surface area contributed by atoms with E-state index in [1.165, 1.54) is 27.5 Å². The molecular formula is C24H21ClN4O4. The molecule has 4 rings (SSSR count). The highest BCUT2D eigenvalue weighted by molar-refractivity contribution is 6.30. The fourth-order valence-corrected chi connectivity index (χ4v) is 3.43. The number of benzene rings is 3. The van der Waals surface area contributed by atoms with Gasteiger partial charge in [-0.25, -0.2) is 10.4 Å². The summed E-state index contributed by atoms with van der Waals surface area (Å²) in [6.07, 6.45) is 1.50. The number of fused-ring (bicyclic) bond motifs is 1. The van der Waals surface area contributed by atoms with Gasteiger partial charge in [0, 0.05) is 21.7 Å². The van der Waals surface area contributed by atoms with Crippen LogP contribution in [0.15, 0.2) is 59.7 Å². The minimum absolute atomic E-state index is 0.358. The first-order valence-electron chi connectivity index (χ1n) is 9.91. The molecule has 1 amide bonds. The summed E-state index contributed by atoms with van der Waals surface area (Å²) in [5.41, 5.74) is 6.02. The van der Waals surface area contributed by atoms with E-state index in [2.05, 4.69) is 20.5 Å². The Morgan fingerprint density at radius 1 is 1.00 bits per heavy atom. The third-order valence-corrected chi connectivity index (χ3v) is 5.18. The Kier molecular flexibility index (Phi) is 6.46. The van der Waals surface area contributed by atoms with Gasteiger partial charge in [-0.1, -0.05) is 11.6 Å². The van der Waals surface area contributed by atoms with E-state index in [0.717, 1.165) is 16.6 Å². The maximum absolute atomic E-state index is 12.6. The van der Waals surface area contributed by atoms with Crippen molar-refractivity contribution in [3.05, 3.63) is 70.7 Å². The molecule has 0 bridgehead atoms. The van der Waals surface area contributed by atoms with Crippen molar-refractivity contribution in [2.75, 3.05) is 21.3 Å².